The minimum atomic E-state index is 0.290. The molecular weight excluding hydrogens is 186 g/mol. The Morgan fingerprint density at radius 3 is 3.00 bits per heavy atom. The second-order valence-corrected chi connectivity index (χ2v) is 3.83. The first-order valence-corrected chi connectivity index (χ1v) is 4.61. The first-order valence-electron chi connectivity index (χ1n) is 4.23. The standard InChI is InChI=1S/C10H10ClNO/c1-6-4-7-2-3-8(11)5-9(7)10(6)12-13/h2-3,5-6,13H,4H2,1H3/b12-10+. The molecule has 0 saturated heterocycles. The summed E-state index contributed by atoms with van der Waals surface area (Å²) in [6, 6.07) is 5.72. The Morgan fingerprint density at radius 2 is 2.31 bits per heavy atom. The van der Waals surface area contributed by atoms with Crippen molar-refractivity contribution in [3.63, 3.8) is 0 Å². The number of nitrogens with zero attached hydrogens (tertiary/aromatic N) is 1. The minimum absolute atomic E-state index is 0.290. The fourth-order valence-electron chi connectivity index (χ4n) is 1.81. The van der Waals surface area contributed by atoms with Gasteiger partial charge in [-0.05, 0) is 24.1 Å². The molecule has 1 aromatic carbocycles. The van der Waals surface area contributed by atoms with Gasteiger partial charge in [0.05, 0.1) is 5.71 Å². The number of benzene rings is 1. The predicted octanol–water partition coefficient (Wildman–Crippen LogP) is 2.71. The van der Waals surface area contributed by atoms with Crippen molar-refractivity contribution in [2.45, 2.75) is 13.3 Å². The molecule has 1 N–H and O–H groups in total. The van der Waals surface area contributed by atoms with Crippen LogP contribution in [0.25, 0.3) is 0 Å². The highest BCUT2D eigenvalue weighted by Gasteiger charge is 2.25. The second-order valence-electron chi connectivity index (χ2n) is 3.39. The zero-order valence-electron chi connectivity index (χ0n) is 7.29. The molecule has 0 spiro atoms. The van der Waals surface area contributed by atoms with E-state index in [0.717, 1.165) is 17.7 Å². The first kappa shape index (κ1) is 8.57. The molecule has 1 atom stereocenters. The van der Waals surface area contributed by atoms with Crippen molar-refractivity contribution in [1.82, 2.24) is 0 Å². The van der Waals surface area contributed by atoms with E-state index in [1.165, 1.54) is 5.56 Å². The van der Waals surface area contributed by atoms with E-state index in [9.17, 15) is 0 Å². The molecule has 0 aliphatic heterocycles. The van der Waals surface area contributed by atoms with Gasteiger partial charge in [0.1, 0.15) is 0 Å². The van der Waals surface area contributed by atoms with Crippen molar-refractivity contribution in [2.24, 2.45) is 11.1 Å². The Hall–Kier alpha value is -1.02. The van der Waals surface area contributed by atoms with Gasteiger partial charge >= 0.3 is 0 Å². The van der Waals surface area contributed by atoms with Crippen LogP contribution in [0.2, 0.25) is 5.02 Å². The molecule has 13 heavy (non-hydrogen) atoms. The van der Waals surface area contributed by atoms with Gasteiger partial charge in [-0.15, -0.1) is 0 Å². The van der Waals surface area contributed by atoms with Gasteiger partial charge in [0, 0.05) is 16.5 Å². The van der Waals surface area contributed by atoms with E-state index in [2.05, 4.69) is 5.16 Å². The van der Waals surface area contributed by atoms with Gasteiger partial charge in [-0.1, -0.05) is 29.7 Å². The summed E-state index contributed by atoms with van der Waals surface area (Å²) >= 11 is 5.86. The molecule has 1 aromatic rings. The van der Waals surface area contributed by atoms with Gasteiger partial charge in [-0.2, -0.15) is 0 Å². The topological polar surface area (TPSA) is 32.6 Å². The van der Waals surface area contributed by atoms with E-state index in [4.69, 9.17) is 16.8 Å². The molecule has 0 saturated carbocycles. The van der Waals surface area contributed by atoms with Crippen molar-refractivity contribution in [3.8, 4) is 0 Å². The van der Waals surface area contributed by atoms with Crippen molar-refractivity contribution in [2.75, 3.05) is 0 Å². The molecule has 1 aliphatic carbocycles. The summed E-state index contributed by atoms with van der Waals surface area (Å²) in [7, 11) is 0. The number of halogens is 1. The van der Waals surface area contributed by atoms with Gasteiger partial charge in [-0.3, -0.25) is 0 Å². The van der Waals surface area contributed by atoms with E-state index in [1.54, 1.807) is 0 Å². The van der Waals surface area contributed by atoms with Gasteiger partial charge < -0.3 is 5.21 Å². The molecule has 0 aromatic heterocycles. The highest BCUT2D eigenvalue weighted by atomic mass is 35.5. The van der Waals surface area contributed by atoms with Gasteiger partial charge in [-0.25, -0.2) is 0 Å². The maximum Gasteiger partial charge on any atom is 0.0902 e. The van der Waals surface area contributed by atoms with Crippen LogP contribution < -0.4 is 0 Å². The van der Waals surface area contributed by atoms with Crippen LogP contribution in [0.15, 0.2) is 23.4 Å². The van der Waals surface area contributed by atoms with Crippen LogP contribution in [0.3, 0.4) is 0 Å². The Morgan fingerprint density at radius 1 is 1.54 bits per heavy atom. The maximum absolute atomic E-state index is 8.82. The molecule has 3 heteroatoms. The molecule has 0 radical (unpaired) electrons. The second kappa shape index (κ2) is 3.04. The molecule has 0 heterocycles. The summed E-state index contributed by atoms with van der Waals surface area (Å²) in [4.78, 5) is 0. The van der Waals surface area contributed by atoms with Crippen molar-refractivity contribution in [1.29, 1.82) is 0 Å². The molecular formula is C10H10ClNO. The van der Waals surface area contributed by atoms with Crippen molar-refractivity contribution < 1.29 is 5.21 Å². The zero-order chi connectivity index (χ0) is 9.42. The third-order valence-electron chi connectivity index (χ3n) is 2.45. The minimum Gasteiger partial charge on any atom is -0.411 e. The summed E-state index contributed by atoms with van der Waals surface area (Å²) in [5.41, 5.74) is 2.95. The Labute approximate surface area is 81.8 Å². The summed E-state index contributed by atoms with van der Waals surface area (Å²) in [6.07, 6.45) is 0.936. The molecule has 2 nitrogen and oxygen atoms in total. The number of fused-ring (bicyclic) bond motifs is 1. The average Bonchev–Trinajstić information content (AvgIpc) is 2.40. The Balaban J connectivity index is 2.57. The highest BCUT2D eigenvalue weighted by molar-refractivity contribution is 6.31. The number of rotatable bonds is 0. The van der Waals surface area contributed by atoms with E-state index >= 15 is 0 Å². The number of oxime groups is 1. The lowest BCUT2D eigenvalue weighted by Crippen LogP contribution is -2.05. The quantitative estimate of drug-likeness (QED) is 0.501. The Bertz CT molecular complexity index is 373. The lowest BCUT2D eigenvalue weighted by Gasteiger charge is -2.00. The molecule has 0 bridgehead atoms. The van der Waals surface area contributed by atoms with Crippen LogP contribution in [0.5, 0.6) is 0 Å². The average molecular weight is 196 g/mol. The number of hydrogen-bond acceptors (Lipinski definition) is 2. The fraction of sp³-hybridized carbons (Fsp3) is 0.300. The van der Waals surface area contributed by atoms with Gasteiger partial charge in [0.25, 0.3) is 0 Å². The van der Waals surface area contributed by atoms with Gasteiger partial charge in [0.15, 0.2) is 0 Å². The zero-order valence-corrected chi connectivity index (χ0v) is 8.04. The fourth-order valence-corrected chi connectivity index (χ4v) is 1.98. The maximum atomic E-state index is 8.82. The van der Waals surface area contributed by atoms with E-state index in [-0.39, 0.29) is 0 Å². The molecule has 1 unspecified atom stereocenters. The number of hydrogen-bond donors (Lipinski definition) is 1. The monoisotopic (exact) mass is 195 g/mol. The third-order valence-corrected chi connectivity index (χ3v) is 2.68. The highest BCUT2D eigenvalue weighted by Crippen LogP contribution is 2.29. The van der Waals surface area contributed by atoms with Crippen LogP contribution in [-0.4, -0.2) is 10.9 Å². The predicted molar refractivity (Wildman–Crippen MR) is 52.6 cm³/mol. The van der Waals surface area contributed by atoms with Crippen LogP contribution in [0.1, 0.15) is 18.1 Å². The largest absolute Gasteiger partial charge is 0.411 e. The van der Waals surface area contributed by atoms with Crippen LogP contribution >= 0.6 is 11.6 Å². The van der Waals surface area contributed by atoms with Crippen LogP contribution in [0.4, 0.5) is 0 Å². The van der Waals surface area contributed by atoms with Crippen LogP contribution in [-0.2, 0) is 6.42 Å². The summed E-state index contributed by atoms with van der Waals surface area (Å²) in [5.74, 6) is 0.290. The van der Waals surface area contributed by atoms with E-state index in [1.807, 2.05) is 25.1 Å². The summed E-state index contributed by atoms with van der Waals surface area (Å²) in [6.45, 7) is 2.04. The summed E-state index contributed by atoms with van der Waals surface area (Å²) < 4.78 is 0. The van der Waals surface area contributed by atoms with E-state index in [0.29, 0.717) is 10.9 Å². The van der Waals surface area contributed by atoms with E-state index < -0.39 is 0 Å². The molecule has 2 rings (SSSR count). The molecule has 0 fully saturated rings. The third kappa shape index (κ3) is 1.31. The lowest BCUT2D eigenvalue weighted by atomic mass is 10.1. The first-order chi connectivity index (χ1) is 6.22. The smallest absolute Gasteiger partial charge is 0.0902 e. The van der Waals surface area contributed by atoms with Gasteiger partial charge in [0.2, 0.25) is 0 Å². The Kier molecular flexibility index (Phi) is 2.00. The molecule has 0 amide bonds. The van der Waals surface area contributed by atoms with Crippen molar-refractivity contribution >= 4 is 17.3 Å². The molecule has 1 aliphatic rings. The van der Waals surface area contributed by atoms with Crippen LogP contribution in [0, 0.1) is 5.92 Å². The van der Waals surface area contributed by atoms with Crippen molar-refractivity contribution in [3.05, 3.63) is 34.3 Å². The summed E-state index contributed by atoms with van der Waals surface area (Å²) in [5, 5.41) is 12.8. The SMILES string of the molecule is CC1Cc2ccc(Cl)cc2/C1=N/O. The lowest BCUT2D eigenvalue weighted by molar-refractivity contribution is 0.316. The normalized spacial score (nSPS) is 23.5. The molecule has 68 valence electrons.